The van der Waals surface area contributed by atoms with Gasteiger partial charge in [0.1, 0.15) is 0 Å². The van der Waals surface area contributed by atoms with Gasteiger partial charge in [0.25, 0.3) is 0 Å². The summed E-state index contributed by atoms with van der Waals surface area (Å²) in [5, 5.41) is 9.13. The summed E-state index contributed by atoms with van der Waals surface area (Å²) in [5.41, 5.74) is 3.46. The van der Waals surface area contributed by atoms with Crippen LogP contribution in [0.2, 0.25) is 0 Å². The molecule has 0 amide bonds. The largest absolute Gasteiger partial charge is 0.478 e. The van der Waals surface area contributed by atoms with E-state index >= 15 is 0 Å². The van der Waals surface area contributed by atoms with Crippen LogP contribution in [0.4, 0.5) is 0 Å². The molecule has 0 saturated carbocycles. The van der Waals surface area contributed by atoms with Crippen LogP contribution < -0.4 is 0 Å². The average molecular weight is 218 g/mol. The first kappa shape index (κ1) is 12.5. The molecule has 0 heterocycles. The van der Waals surface area contributed by atoms with Crippen LogP contribution in [0.1, 0.15) is 43.4 Å². The van der Waals surface area contributed by atoms with Crippen molar-refractivity contribution in [3.63, 3.8) is 0 Å². The number of rotatable bonds is 3. The van der Waals surface area contributed by atoms with E-state index in [9.17, 15) is 4.79 Å². The van der Waals surface area contributed by atoms with Crippen LogP contribution in [0.5, 0.6) is 0 Å². The highest BCUT2D eigenvalue weighted by atomic mass is 16.4. The van der Waals surface area contributed by atoms with Crippen molar-refractivity contribution >= 4 is 11.5 Å². The second kappa shape index (κ2) is 4.97. The van der Waals surface area contributed by atoms with Crippen molar-refractivity contribution in [1.82, 2.24) is 0 Å². The summed E-state index contributed by atoms with van der Waals surface area (Å²) in [4.78, 5) is 11.1. The second-order valence-electron chi connectivity index (χ2n) is 4.25. The van der Waals surface area contributed by atoms with Gasteiger partial charge in [0, 0.05) is 0 Å². The van der Waals surface area contributed by atoms with E-state index < -0.39 is 5.97 Å². The smallest absolute Gasteiger partial charge is 0.335 e. The Balaban J connectivity index is 3.38. The lowest BCUT2D eigenvalue weighted by molar-refractivity contribution is -0.130. The summed E-state index contributed by atoms with van der Waals surface area (Å²) in [5.74, 6) is -0.544. The Morgan fingerprint density at radius 2 is 2.00 bits per heavy atom. The van der Waals surface area contributed by atoms with Gasteiger partial charge in [-0.2, -0.15) is 0 Å². The molecule has 0 aliphatic rings. The summed E-state index contributed by atoms with van der Waals surface area (Å²) in [6.45, 7) is 7.93. The number of benzene rings is 1. The molecular formula is C14H18O2. The van der Waals surface area contributed by atoms with E-state index in [1.54, 1.807) is 13.0 Å². The van der Waals surface area contributed by atoms with Crippen LogP contribution in [-0.4, -0.2) is 11.1 Å². The van der Waals surface area contributed by atoms with E-state index in [4.69, 9.17) is 5.11 Å². The zero-order chi connectivity index (χ0) is 12.3. The topological polar surface area (TPSA) is 37.3 Å². The van der Waals surface area contributed by atoms with Gasteiger partial charge in [-0.1, -0.05) is 43.7 Å². The molecule has 2 heteroatoms. The molecule has 86 valence electrons. The molecule has 2 nitrogen and oxygen atoms in total. The molecule has 0 saturated heterocycles. The zero-order valence-corrected chi connectivity index (χ0v) is 10.2. The number of carboxylic acids is 1. The van der Waals surface area contributed by atoms with Gasteiger partial charge in [0.2, 0.25) is 0 Å². The molecule has 0 aliphatic carbocycles. The highest BCUT2D eigenvalue weighted by Crippen LogP contribution is 2.27. The molecule has 0 bridgehead atoms. The molecule has 0 atom stereocenters. The van der Waals surface area contributed by atoms with Crippen LogP contribution in [-0.2, 0) is 4.79 Å². The van der Waals surface area contributed by atoms with Gasteiger partial charge in [0.05, 0.1) is 5.57 Å². The fourth-order valence-electron chi connectivity index (χ4n) is 1.80. The molecule has 1 rings (SSSR count). The van der Waals surface area contributed by atoms with Crippen molar-refractivity contribution < 1.29 is 9.90 Å². The van der Waals surface area contributed by atoms with E-state index in [1.807, 2.05) is 19.1 Å². The number of allylic oxidation sites excluding steroid dienone is 1. The van der Waals surface area contributed by atoms with Gasteiger partial charge in [-0.05, 0) is 30.9 Å². The third-order valence-electron chi connectivity index (χ3n) is 2.64. The SMILES string of the molecule is C/C=C(/C(=O)O)c1ccc(C)cc1C(C)C. The average Bonchev–Trinajstić information content (AvgIpc) is 2.20. The molecule has 16 heavy (non-hydrogen) atoms. The van der Waals surface area contributed by atoms with Gasteiger partial charge in [0.15, 0.2) is 0 Å². The minimum Gasteiger partial charge on any atom is -0.478 e. The molecule has 1 aromatic carbocycles. The second-order valence-corrected chi connectivity index (χ2v) is 4.25. The van der Waals surface area contributed by atoms with Crippen molar-refractivity contribution in [2.75, 3.05) is 0 Å². The first-order chi connectivity index (χ1) is 7.47. The minimum atomic E-state index is -0.867. The van der Waals surface area contributed by atoms with Crippen molar-refractivity contribution in [2.24, 2.45) is 0 Å². The summed E-state index contributed by atoms with van der Waals surface area (Å²) in [6.07, 6.45) is 1.65. The number of aryl methyl sites for hydroxylation is 1. The quantitative estimate of drug-likeness (QED) is 0.787. The normalized spacial score (nSPS) is 11.9. The van der Waals surface area contributed by atoms with Crippen LogP contribution in [0.3, 0.4) is 0 Å². The molecule has 0 aromatic heterocycles. The Kier molecular flexibility index (Phi) is 3.88. The lowest BCUT2D eigenvalue weighted by Gasteiger charge is -2.14. The Hall–Kier alpha value is -1.57. The predicted molar refractivity (Wildman–Crippen MR) is 66.6 cm³/mol. The summed E-state index contributed by atoms with van der Waals surface area (Å²) >= 11 is 0. The first-order valence-corrected chi connectivity index (χ1v) is 5.48. The van der Waals surface area contributed by atoms with Crippen LogP contribution in [0.25, 0.3) is 5.57 Å². The lowest BCUT2D eigenvalue weighted by Crippen LogP contribution is -2.04. The number of hydrogen-bond acceptors (Lipinski definition) is 1. The van der Waals surface area contributed by atoms with Crippen molar-refractivity contribution in [1.29, 1.82) is 0 Å². The fourth-order valence-corrected chi connectivity index (χ4v) is 1.80. The molecule has 0 spiro atoms. The monoisotopic (exact) mass is 218 g/mol. The Bertz CT molecular complexity index is 428. The molecule has 0 fully saturated rings. The van der Waals surface area contributed by atoms with Gasteiger partial charge in [-0.15, -0.1) is 0 Å². The number of hydrogen-bond donors (Lipinski definition) is 1. The van der Waals surface area contributed by atoms with Crippen LogP contribution >= 0.6 is 0 Å². The number of aliphatic carboxylic acids is 1. The maximum absolute atomic E-state index is 11.1. The van der Waals surface area contributed by atoms with Gasteiger partial charge in [-0.25, -0.2) is 4.79 Å². The standard InChI is InChI=1S/C14H18O2/c1-5-11(14(15)16)12-7-6-10(4)8-13(12)9(2)3/h5-9H,1-4H3,(H,15,16)/b11-5+. The van der Waals surface area contributed by atoms with Crippen molar-refractivity contribution in [3.8, 4) is 0 Å². The maximum Gasteiger partial charge on any atom is 0.335 e. The van der Waals surface area contributed by atoms with Crippen LogP contribution in [0.15, 0.2) is 24.3 Å². The van der Waals surface area contributed by atoms with Crippen LogP contribution in [0, 0.1) is 6.92 Å². The minimum absolute atomic E-state index is 0.323. The molecule has 1 aromatic rings. The summed E-state index contributed by atoms with van der Waals surface area (Å²) in [6, 6.07) is 5.91. The van der Waals surface area contributed by atoms with E-state index in [2.05, 4.69) is 19.9 Å². The molecular weight excluding hydrogens is 200 g/mol. The predicted octanol–water partition coefficient (Wildman–Crippen LogP) is 3.61. The molecule has 0 unspecified atom stereocenters. The van der Waals surface area contributed by atoms with E-state index in [0.29, 0.717) is 11.5 Å². The fraction of sp³-hybridized carbons (Fsp3) is 0.357. The third-order valence-corrected chi connectivity index (χ3v) is 2.64. The Morgan fingerprint density at radius 3 is 2.44 bits per heavy atom. The van der Waals surface area contributed by atoms with Gasteiger partial charge >= 0.3 is 5.97 Å². The summed E-state index contributed by atoms with van der Waals surface area (Å²) < 4.78 is 0. The third kappa shape index (κ3) is 2.51. The highest BCUT2D eigenvalue weighted by Gasteiger charge is 2.15. The zero-order valence-electron chi connectivity index (χ0n) is 10.2. The number of carbonyl (C=O) groups is 1. The first-order valence-electron chi connectivity index (χ1n) is 5.48. The van der Waals surface area contributed by atoms with Gasteiger partial charge < -0.3 is 5.11 Å². The maximum atomic E-state index is 11.1. The van der Waals surface area contributed by atoms with Crippen molar-refractivity contribution in [3.05, 3.63) is 41.0 Å². The van der Waals surface area contributed by atoms with Crippen molar-refractivity contribution in [2.45, 2.75) is 33.6 Å². The van der Waals surface area contributed by atoms with E-state index in [1.165, 1.54) is 0 Å². The Labute approximate surface area is 96.6 Å². The molecule has 1 N–H and O–H groups in total. The lowest BCUT2D eigenvalue weighted by atomic mass is 9.91. The van der Waals surface area contributed by atoms with Gasteiger partial charge in [-0.3, -0.25) is 0 Å². The summed E-state index contributed by atoms with van der Waals surface area (Å²) in [7, 11) is 0. The molecule has 0 aliphatic heterocycles. The van der Waals surface area contributed by atoms with E-state index in [-0.39, 0.29) is 0 Å². The Morgan fingerprint density at radius 1 is 1.38 bits per heavy atom. The van der Waals surface area contributed by atoms with E-state index in [0.717, 1.165) is 16.7 Å². The highest BCUT2D eigenvalue weighted by molar-refractivity contribution is 6.15. The number of carboxylic acid groups (broad SMARTS) is 1. The molecule has 0 radical (unpaired) electrons.